The Morgan fingerprint density at radius 3 is 2.63 bits per heavy atom. The Bertz CT molecular complexity index is 572. The SMILES string of the molecule is C[C@@H](O)c1ccc(SCc2ccccc2Cl)c(F)c1. The molecular weight excluding hydrogens is 283 g/mol. The number of thioether (sulfide) groups is 1. The second kappa shape index (κ2) is 6.42. The number of rotatable bonds is 4. The summed E-state index contributed by atoms with van der Waals surface area (Å²) >= 11 is 7.45. The van der Waals surface area contributed by atoms with E-state index < -0.39 is 6.10 Å². The zero-order valence-corrected chi connectivity index (χ0v) is 12.0. The zero-order chi connectivity index (χ0) is 13.8. The average Bonchev–Trinajstić information content (AvgIpc) is 2.39. The number of halogens is 2. The third-order valence-electron chi connectivity index (χ3n) is 2.78. The van der Waals surface area contributed by atoms with Crippen LogP contribution in [0.2, 0.25) is 5.02 Å². The number of hydrogen-bond acceptors (Lipinski definition) is 2. The first-order valence-electron chi connectivity index (χ1n) is 5.91. The van der Waals surface area contributed by atoms with Crippen LogP contribution in [0.15, 0.2) is 47.4 Å². The molecule has 0 aliphatic rings. The van der Waals surface area contributed by atoms with Gasteiger partial charge in [0.05, 0.1) is 6.10 Å². The topological polar surface area (TPSA) is 20.2 Å². The minimum atomic E-state index is -0.655. The van der Waals surface area contributed by atoms with E-state index in [-0.39, 0.29) is 5.82 Å². The molecule has 0 spiro atoms. The van der Waals surface area contributed by atoms with Gasteiger partial charge in [0, 0.05) is 15.7 Å². The summed E-state index contributed by atoms with van der Waals surface area (Å²) in [6.07, 6.45) is -0.655. The summed E-state index contributed by atoms with van der Waals surface area (Å²) in [5.41, 5.74) is 1.56. The lowest BCUT2D eigenvalue weighted by Gasteiger charge is -2.08. The second-order valence-corrected chi connectivity index (χ2v) is 5.67. The number of hydrogen-bond donors (Lipinski definition) is 1. The summed E-state index contributed by atoms with van der Waals surface area (Å²) in [4.78, 5) is 0.560. The highest BCUT2D eigenvalue weighted by Crippen LogP contribution is 2.29. The molecule has 0 aliphatic carbocycles. The van der Waals surface area contributed by atoms with Gasteiger partial charge in [-0.3, -0.25) is 0 Å². The van der Waals surface area contributed by atoms with Gasteiger partial charge in [0.25, 0.3) is 0 Å². The van der Waals surface area contributed by atoms with Crippen LogP contribution in [0.25, 0.3) is 0 Å². The Morgan fingerprint density at radius 1 is 1.26 bits per heavy atom. The van der Waals surface area contributed by atoms with Crippen molar-refractivity contribution >= 4 is 23.4 Å². The molecule has 1 N–H and O–H groups in total. The van der Waals surface area contributed by atoms with Gasteiger partial charge in [0.2, 0.25) is 0 Å². The minimum Gasteiger partial charge on any atom is -0.389 e. The van der Waals surface area contributed by atoms with Crippen molar-refractivity contribution in [3.63, 3.8) is 0 Å². The molecule has 0 radical (unpaired) electrons. The number of benzene rings is 2. The molecule has 0 saturated heterocycles. The molecule has 0 saturated carbocycles. The van der Waals surface area contributed by atoms with Gasteiger partial charge in [0.1, 0.15) is 5.82 Å². The van der Waals surface area contributed by atoms with Crippen molar-refractivity contribution in [1.29, 1.82) is 0 Å². The quantitative estimate of drug-likeness (QED) is 0.816. The molecule has 0 heterocycles. The van der Waals surface area contributed by atoms with Crippen LogP contribution < -0.4 is 0 Å². The molecule has 2 rings (SSSR count). The van der Waals surface area contributed by atoms with E-state index in [0.29, 0.717) is 21.2 Å². The maximum atomic E-state index is 13.8. The van der Waals surface area contributed by atoms with Crippen molar-refractivity contribution in [2.45, 2.75) is 23.7 Å². The van der Waals surface area contributed by atoms with Crippen LogP contribution in [-0.2, 0) is 5.75 Å². The van der Waals surface area contributed by atoms with Gasteiger partial charge in [-0.2, -0.15) is 0 Å². The maximum Gasteiger partial charge on any atom is 0.137 e. The summed E-state index contributed by atoms with van der Waals surface area (Å²) < 4.78 is 13.8. The van der Waals surface area contributed by atoms with Gasteiger partial charge >= 0.3 is 0 Å². The number of aliphatic hydroxyl groups is 1. The third kappa shape index (κ3) is 3.72. The first-order valence-corrected chi connectivity index (χ1v) is 7.28. The van der Waals surface area contributed by atoms with Crippen molar-refractivity contribution in [2.24, 2.45) is 0 Å². The lowest BCUT2D eigenvalue weighted by molar-refractivity contribution is 0.198. The first kappa shape index (κ1) is 14.4. The minimum absolute atomic E-state index is 0.310. The van der Waals surface area contributed by atoms with Crippen LogP contribution in [0.3, 0.4) is 0 Å². The van der Waals surface area contributed by atoms with E-state index in [1.807, 2.05) is 24.3 Å². The first-order chi connectivity index (χ1) is 9.08. The molecule has 0 amide bonds. The van der Waals surface area contributed by atoms with E-state index in [1.165, 1.54) is 17.8 Å². The zero-order valence-electron chi connectivity index (χ0n) is 10.4. The highest BCUT2D eigenvalue weighted by atomic mass is 35.5. The maximum absolute atomic E-state index is 13.8. The van der Waals surface area contributed by atoms with Crippen molar-refractivity contribution in [2.75, 3.05) is 0 Å². The predicted octanol–water partition coefficient (Wildman–Crippen LogP) is 4.82. The molecule has 2 aromatic carbocycles. The third-order valence-corrected chi connectivity index (χ3v) is 4.25. The molecule has 0 bridgehead atoms. The van der Waals surface area contributed by atoms with Crippen molar-refractivity contribution < 1.29 is 9.50 Å². The summed E-state index contributed by atoms with van der Waals surface area (Å²) in [6.45, 7) is 1.62. The van der Waals surface area contributed by atoms with E-state index in [1.54, 1.807) is 19.1 Å². The van der Waals surface area contributed by atoms with Crippen LogP contribution in [0, 0.1) is 5.82 Å². The summed E-state index contributed by atoms with van der Waals surface area (Å²) in [5, 5.41) is 10.1. The Balaban J connectivity index is 2.10. The summed E-state index contributed by atoms with van der Waals surface area (Å²) in [7, 11) is 0. The van der Waals surface area contributed by atoms with E-state index >= 15 is 0 Å². The van der Waals surface area contributed by atoms with Crippen LogP contribution >= 0.6 is 23.4 Å². The van der Waals surface area contributed by atoms with Crippen LogP contribution in [0.1, 0.15) is 24.2 Å². The Kier molecular flexibility index (Phi) is 4.86. The molecule has 0 aliphatic heterocycles. The van der Waals surface area contributed by atoms with E-state index in [9.17, 15) is 9.50 Å². The lowest BCUT2D eigenvalue weighted by atomic mass is 10.1. The van der Waals surface area contributed by atoms with Crippen molar-refractivity contribution in [3.8, 4) is 0 Å². The molecule has 100 valence electrons. The molecule has 0 unspecified atom stereocenters. The van der Waals surface area contributed by atoms with Gasteiger partial charge in [0.15, 0.2) is 0 Å². The molecule has 1 atom stereocenters. The molecule has 1 nitrogen and oxygen atoms in total. The van der Waals surface area contributed by atoms with Gasteiger partial charge in [-0.05, 0) is 36.2 Å². The monoisotopic (exact) mass is 296 g/mol. The molecule has 0 aromatic heterocycles. The van der Waals surface area contributed by atoms with Gasteiger partial charge < -0.3 is 5.11 Å². The van der Waals surface area contributed by atoms with Crippen LogP contribution in [0.4, 0.5) is 4.39 Å². The van der Waals surface area contributed by atoms with Crippen molar-refractivity contribution in [3.05, 3.63) is 64.4 Å². The molecule has 0 fully saturated rings. The molecule has 2 aromatic rings. The predicted molar refractivity (Wildman–Crippen MR) is 78.0 cm³/mol. The largest absolute Gasteiger partial charge is 0.389 e. The summed E-state index contributed by atoms with van der Waals surface area (Å²) in [5.74, 6) is 0.306. The fourth-order valence-corrected chi connectivity index (χ4v) is 2.87. The van der Waals surface area contributed by atoms with E-state index in [4.69, 9.17) is 11.6 Å². The second-order valence-electron chi connectivity index (χ2n) is 4.25. The highest BCUT2D eigenvalue weighted by Gasteiger charge is 2.08. The van der Waals surface area contributed by atoms with Crippen LogP contribution in [0.5, 0.6) is 0 Å². The van der Waals surface area contributed by atoms with Gasteiger partial charge in [-0.15, -0.1) is 11.8 Å². The number of aliphatic hydroxyl groups excluding tert-OH is 1. The van der Waals surface area contributed by atoms with Gasteiger partial charge in [-0.1, -0.05) is 35.9 Å². The average molecular weight is 297 g/mol. The fraction of sp³-hybridized carbons (Fsp3) is 0.200. The fourth-order valence-electron chi connectivity index (χ4n) is 1.66. The van der Waals surface area contributed by atoms with E-state index in [0.717, 1.165) is 5.56 Å². The normalized spacial score (nSPS) is 12.4. The lowest BCUT2D eigenvalue weighted by Crippen LogP contribution is -1.93. The van der Waals surface area contributed by atoms with Crippen molar-refractivity contribution in [1.82, 2.24) is 0 Å². The van der Waals surface area contributed by atoms with E-state index in [2.05, 4.69) is 0 Å². The standard InChI is InChI=1S/C15H14ClFOS/c1-10(18)11-6-7-15(14(17)8-11)19-9-12-4-2-3-5-13(12)16/h2-8,10,18H,9H2,1H3/t10-/m1/s1. The Morgan fingerprint density at radius 2 is 2.00 bits per heavy atom. The highest BCUT2D eigenvalue weighted by molar-refractivity contribution is 7.98. The molecular formula is C15H14ClFOS. The molecule has 4 heteroatoms. The van der Waals surface area contributed by atoms with Crippen LogP contribution in [-0.4, -0.2) is 5.11 Å². The molecule has 19 heavy (non-hydrogen) atoms. The van der Waals surface area contributed by atoms with Gasteiger partial charge in [-0.25, -0.2) is 4.39 Å². The summed E-state index contributed by atoms with van der Waals surface area (Å²) in [6, 6.07) is 12.3. The Labute approximate surface area is 121 Å². The Hall–Kier alpha value is -1.03. The smallest absolute Gasteiger partial charge is 0.137 e.